The van der Waals surface area contributed by atoms with Gasteiger partial charge in [0.15, 0.2) is 0 Å². The zero-order chi connectivity index (χ0) is 12.0. The van der Waals surface area contributed by atoms with Gasteiger partial charge in [0.25, 0.3) is 0 Å². The van der Waals surface area contributed by atoms with E-state index in [1.807, 2.05) is 6.92 Å². The van der Waals surface area contributed by atoms with E-state index < -0.39 is 0 Å². The molecule has 2 fully saturated rings. The number of hydrogen-bond acceptors (Lipinski definition) is 2. The Morgan fingerprint density at radius 3 is 2.44 bits per heavy atom. The van der Waals surface area contributed by atoms with Crippen molar-refractivity contribution in [2.24, 2.45) is 17.1 Å². The van der Waals surface area contributed by atoms with Crippen LogP contribution in [0.15, 0.2) is 0 Å². The van der Waals surface area contributed by atoms with Gasteiger partial charge < -0.3 is 11.1 Å². The lowest BCUT2D eigenvalue weighted by Crippen LogP contribution is -2.54. The average Bonchev–Trinajstić information content (AvgIpc) is 2.95. The molecule has 0 aromatic rings. The number of rotatable bonds is 3. The Balaban J connectivity index is 2.02. The summed E-state index contributed by atoms with van der Waals surface area (Å²) in [7, 11) is 0. The Morgan fingerprint density at radius 1 is 1.38 bits per heavy atom. The van der Waals surface area contributed by atoms with Crippen molar-refractivity contribution in [1.82, 2.24) is 5.32 Å². The van der Waals surface area contributed by atoms with Crippen LogP contribution in [0.4, 0.5) is 0 Å². The minimum Gasteiger partial charge on any atom is -0.350 e. The van der Waals surface area contributed by atoms with Crippen molar-refractivity contribution in [3.8, 4) is 0 Å². The first-order valence-electron chi connectivity index (χ1n) is 6.44. The highest BCUT2D eigenvalue weighted by atomic mass is 16.2. The van der Waals surface area contributed by atoms with E-state index in [-0.39, 0.29) is 22.9 Å². The van der Waals surface area contributed by atoms with Crippen molar-refractivity contribution < 1.29 is 4.79 Å². The van der Waals surface area contributed by atoms with Crippen LogP contribution >= 0.6 is 0 Å². The van der Waals surface area contributed by atoms with Crippen molar-refractivity contribution in [3.05, 3.63) is 0 Å². The van der Waals surface area contributed by atoms with Crippen LogP contribution in [0.5, 0.6) is 0 Å². The van der Waals surface area contributed by atoms with Gasteiger partial charge in [-0.25, -0.2) is 0 Å². The predicted molar refractivity (Wildman–Crippen MR) is 64.9 cm³/mol. The van der Waals surface area contributed by atoms with Crippen molar-refractivity contribution >= 4 is 5.91 Å². The number of nitrogens with two attached hydrogens (primary N) is 1. The predicted octanol–water partition coefficient (Wildman–Crippen LogP) is 1.81. The quantitative estimate of drug-likeness (QED) is 0.768. The second-order valence-corrected chi connectivity index (χ2v) is 6.37. The zero-order valence-corrected chi connectivity index (χ0v) is 10.7. The molecular formula is C13H24N2O. The molecule has 0 aromatic heterocycles. The van der Waals surface area contributed by atoms with E-state index in [4.69, 9.17) is 5.73 Å². The molecule has 2 saturated carbocycles. The first kappa shape index (κ1) is 11.9. The van der Waals surface area contributed by atoms with Gasteiger partial charge in [-0.1, -0.05) is 6.42 Å². The first-order chi connectivity index (χ1) is 7.36. The van der Waals surface area contributed by atoms with Gasteiger partial charge in [0.05, 0.1) is 5.41 Å². The fraction of sp³-hybridized carbons (Fsp3) is 0.923. The Hall–Kier alpha value is -0.570. The second kappa shape index (κ2) is 3.73. The van der Waals surface area contributed by atoms with Gasteiger partial charge in [-0.2, -0.15) is 0 Å². The highest BCUT2D eigenvalue weighted by Crippen LogP contribution is 2.41. The monoisotopic (exact) mass is 224 g/mol. The molecule has 0 bridgehead atoms. The highest BCUT2D eigenvalue weighted by Gasteiger charge is 2.46. The van der Waals surface area contributed by atoms with Gasteiger partial charge in [-0.3, -0.25) is 4.79 Å². The maximum absolute atomic E-state index is 12.3. The summed E-state index contributed by atoms with van der Waals surface area (Å²) in [4.78, 5) is 12.3. The molecule has 0 aromatic carbocycles. The summed E-state index contributed by atoms with van der Waals surface area (Å²) in [5, 5.41) is 3.21. The molecule has 0 radical (unpaired) electrons. The number of hydrogen-bond donors (Lipinski definition) is 2. The van der Waals surface area contributed by atoms with E-state index in [9.17, 15) is 4.79 Å². The lowest BCUT2D eigenvalue weighted by molar-refractivity contribution is -0.132. The molecule has 0 spiro atoms. The summed E-state index contributed by atoms with van der Waals surface area (Å²) in [6, 6.07) is 0.0301. The van der Waals surface area contributed by atoms with E-state index in [1.54, 1.807) is 0 Å². The first-order valence-corrected chi connectivity index (χ1v) is 6.44. The smallest absolute Gasteiger partial charge is 0.227 e. The maximum Gasteiger partial charge on any atom is 0.227 e. The van der Waals surface area contributed by atoms with Crippen LogP contribution in [0.3, 0.4) is 0 Å². The molecule has 3 nitrogen and oxygen atoms in total. The third-order valence-electron chi connectivity index (χ3n) is 4.58. The summed E-state index contributed by atoms with van der Waals surface area (Å²) in [6.07, 6.45) is 5.48. The van der Waals surface area contributed by atoms with E-state index >= 15 is 0 Å². The Morgan fingerprint density at radius 2 is 2.00 bits per heavy atom. The van der Waals surface area contributed by atoms with Crippen LogP contribution in [0.25, 0.3) is 0 Å². The molecule has 2 aliphatic rings. The topological polar surface area (TPSA) is 55.1 Å². The largest absolute Gasteiger partial charge is 0.350 e. The number of amides is 1. The van der Waals surface area contributed by atoms with Crippen LogP contribution < -0.4 is 11.1 Å². The Bertz CT molecular complexity index is 296. The van der Waals surface area contributed by atoms with Gasteiger partial charge in [-0.05, 0) is 52.4 Å². The Kier molecular flexibility index (Phi) is 2.77. The van der Waals surface area contributed by atoms with Crippen LogP contribution in [-0.4, -0.2) is 17.5 Å². The Labute approximate surface area is 98.2 Å². The van der Waals surface area contributed by atoms with E-state index in [0.29, 0.717) is 5.92 Å². The van der Waals surface area contributed by atoms with E-state index in [1.165, 1.54) is 12.8 Å². The molecule has 2 rings (SSSR count). The van der Waals surface area contributed by atoms with Crippen molar-refractivity contribution in [2.45, 2.75) is 64.5 Å². The normalized spacial score (nSPS) is 35.1. The number of carbonyl (C=O) groups excluding carboxylic acids is 1. The average molecular weight is 224 g/mol. The molecular weight excluding hydrogens is 200 g/mol. The molecule has 0 aliphatic heterocycles. The molecule has 1 amide bonds. The molecule has 2 atom stereocenters. The summed E-state index contributed by atoms with van der Waals surface area (Å²) in [6.45, 7) is 6.28. The molecule has 2 aliphatic carbocycles. The summed E-state index contributed by atoms with van der Waals surface area (Å²) in [5.41, 5.74) is 5.67. The maximum atomic E-state index is 12.3. The van der Waals surface area contributed by atoms with Crippen molar-refractivity contribution in [3.63, 3.8) is 0 Å². The minimum absolute atomic E-state index is 0.0301. The van der Waals surface area contributed by atoms with E-state index in [0.717, 1.165) is 19.3 Å². The van der Waals surface area contributed by atoms with Crippen LogP contribution in [0.1, 0.15) is 52.9 Å². The second-order valence-electron chi connectivity index (χ2n) is 6.37. The molecule has 2 unspecified atom stereocenters. The SMILES string of the molecule is CC(C)(NC(=O)C1(C)CCCC1N)C1CC1. The minimum atomic E-state index is -0.341. The summed E-state index contributed by atoms with van der Waals surface area (Å²) >= 11 is 0. The van der Waals surface area contributed by atoms with Gasteiger partial charge >= 0.3 is 0 Å². The molecule has 0 heterocycles. The van der Waals surface area contributed by atoms with Crippen LogP contribution in [0, 0.1) is 11.3 Å². The molecule has 92 valence electrons. The lowest BCUT2D eigenvalue weighted by atomic mass is 9.83. The highest BCUT2D eigenvalue weighted by molar-refractivity contribution is 5.84. The fourth-order valence-corrected chi connectivity index (χ4v) is 2.82. The third kappa shape index (κ3) is 1.97. The fourth-order valence-electron chi connectivity index (χ4n) is 2.82. The molecule has 3 heteroatoms. The van der Waals surface area contributed by atoms with Crippen molar-refractivity contribution in [2.75, 3.05) is 0 Å². The van der Waals surface area contributed by atoms with Gasteiger partial charge in [0.1, 0.15) is 0 Å². The number of carbonyl (C=O) groups is 1. The summed E-state index contributed by atoms with van der Waals surface area (Å²) in [5.74, 6) is 0.826. The lowest BCUT2D eigenvalue weighted by Gasteiger charge is -2.34. The molecule has 3 N–H and O–H groups in total. The van der Waals surface area contributed by atoms with Crippen LogP contribution in [-0.2, 0) is 4.79 Å². The van der Waals surface area contributed by atoms with Crippen LogP contribution in [0.2, 0.25) is 0 Å². The van der Waals surface area contributed by atoms with Gasteiger partial charge in [0.2, 0.25) is 5.91 Å². The van der Waals surface area contributed by atoms with Crippen molar-refractivity contribution in [1.29, 1.82) is 0 Å². The zero-order valence-electron chi connectivity index (χ0n) is 10.7. The number of nitrogens with one attached hydrogen (secondary N) is 1. The van der Waals surface area contributed by atoms with E-state index in [2.05, 4.69) is 19.2 Å². The standard InChI is InChI=1S/C13H24N2O/c1-12(2,9-6-7-9)15-11(16)13(3)8-4-5-10(13)14/h9-10H,4-8,14H2,1-3H3,(H,15,16). The summed E-state index contributed by atoms with van der Waals surface area (Å²) < 4.78 is 0. The molecule has 0 saturated heterocycles. The van der Waals surface area contributed by atoms with Gasteiger partial charge in [0, 0.05) is 11.6 Å². The third-order valence-corrected chi connectivity index (χ3v) is 4.58. The molecule has 16 heavy (non-hydrogen) atoms. The van der Waals surface area contributed by atoms with Gasteiger partial charge in [-0.15, -0.1) is 0 Å².